The predicted octanol–water partition coefficient (Wildman–Crippen LogP) is 4.65. The first-order valence-electron chi connectivity index (χ1n) is 8.80. The molecule has 3 aromatic rings. The van der Waals surface area contributed by atoms with Gasteiger partial charge in [-0.1, -0.05) is 53.7 Å². The average Bonchev–Trinajstić information content (AvgIpc) is 3.12. The summed E-state index contributed by atoms with van der Waals surface area (Å²) in [4.78, 5) is 22.8. The van der Waals surface area contributed by atoms with E-state index < -0.39 is 10.2 Å². The van der Waals surface area contributed by atoms with Gasteiger partial charge in [-0.15, -0.1) is 10.2 Å². The highest BCUT2D eigenvalue weighted by Gasteiger charge is 2.21. The van der Waals surface area contributed by atoms with Crippen molar-refractivity contribution < 1.29 is 9.72 Å². The van der Waals surface area contributed by atoms with E-state index >= 15 is 0 Å². The fourth-order valence-corrected chi connectivity index (χ4v) is 3.76. The number of amides is 1. The van der Waals surface area contributed by atoms with Crippen LogP contribution in [-0.4, -0.2) is 30.8 Å². The lowest BCUT2D eigenvalue weighted by Crippen LogP contribution is -2.23. The van der Waals surface area contributed by atoms with Gasteiger partial charge >= 0.3 is 0 Å². The maximum Gasteiger partial charge on any atom is 0.271 e. The number of benzene rings is 2. The van der Waals surface area contributed by atoms with Crippen molar-refractivity contribution in [1.29, 1.82) is 0 Å². The van der Waals surface area contributed by atoms with E-state index in [9.17, 15) is 14.9 Å². The molecule has 0 radical (unpaired) electrons. The first-order chi connectivity index (χ1) is 13.9. The standard InChI is InChI=1S/C19H18ClN5O3S/c1-3-24-17(13-7-5-4-6-8-13)22-23-19(24)29-12(2)18(26)21-16-10-9-14(25(27)28)11-15(16)20/h4-12H,3H2,1-2H3,(H,21,26). The van der Waals surface area contributed by atoms with Crippen LogP contribution < -0.4 is 5.32 Å². The van der Waals surface area contributed by atoms with Gasteiger partial charge in [-0.3, -0.25) is 14.9 Å². The Bertz CT molecular complexity index is 1040. The summed E-state index contributed by atoms with van der Waals surface area (Å²) in [6, 6.07) is 13.6. The third kappa shape index (κ3) is 4.75. The second-order valence-electron chi connectivity index (χ2n) is 6.09. The first-order valence-corrected chi connectivity index (χ1v) is 10.1. The molecule has 2 aromatic carbocycles. The van der Waals surface area contributed by atoms with E-state index in [1.807, 2.05) is 41.8 Å². The molecular formula is C19H18ClN5O3S. The number of hydrogen-bond donors (Lipinski definition) is 1. The molecule has 29 heavy (non-hydrogen) atoms. The number of carbonyl (C=O) groups is 1. The second-order valence-corrected chi connectivity index (χ2v) is 7.80. The summed E-state index contributed by atoms with van der Waals surface area (Å²) in [5.74, 6) is 0.444. The summed E-state index contributed by atoms with van der Waals surface area (Å²) in [5.41, 5.74) is 1.13. The van der Waals surface area contributed by atoms with Crippen LogP contribution in [0.4, 0.5) is 11.4 Å². The van der Waals surface area contributed by atoms with Gasteiger partial charge in [0.25, 0.3) is 5.69 Å². The number of nitro benzene ring substituents is 1. The lowest BCUT2D eigenvalue weighted by Gasteiger charge is -2.13. The third-order valence-electron chi connectivity index (χ3n) is 4.14. The van der Waals surface area contributed by atoms with Crippen LogP contribution in [0.3, 0.4) is 0 Å². The molecule has 3 rings (SSSR count). The zero-order valence-electron chi connectivity index (χ0n) is 15.7. The van der Waals surface area contributed by atoms with Gasteiger partial charge in [-0.25, -0.2) is 0 Å². The number of hydrogen-bond acceptors (Lipinski definition) is 6. The minimum absolute atomic E-state index is 0.104. The van der Waals surface area contributed by atoms with Gasteiger partial charge in [-0.05, 0) is 19.9 Å². The molecule has 0 aliphatic rings. The van der Waals surface area contributed by atoms with E-state index in [1.54, 1.807) is 6.92 Å². The Morgan fingerprint density at radius 3 is 2.62 bits per heavy atom. The van der Waals surface area contributed by atoms with Gasteiger partial charge in [0.05, 0.1) is 20.9 Å². The number of anilines is 1. The highest BCUT2D eigenvalue weighted by Crippen LogP contribution is 2.30. The Kier molecular flexibility index (Phi) is 6.50. The summed E-state index contributed by atoms with van der Waals surface area (Å²) >= 11 is 7.33. The summed E-state index contributed by atoms with van der Waals surface area (Å²) in [7, 11) is 0. The summed E-state index contributed by atoms with van der Waals surface area (Å²) in [6.07, 6.45) is 0. The zero-order chi connectivity index (χ0) is 21.0. The highest BCUT2D eigenvalue weighted by atomic mass is 35.5. The van der Waals surface area contributed by atoms with Gasteiger partial charge in [0.1, 0.15) is 0 Å². The number of rotatable bonds is 7. The number of non-ortho nitro benzene ring substituents is 1. The van der Waals surface area contributed by atoms with Crippen LogP contribution >= 0.6 is 23.4 Å². The van der Waals surface area contributed by atoms with E-state index in [2.05, 4.69) is 15.5 Å². The minimum Gasteiger partial charge on any atom is -0.324 e. The topological polar surface area (TPSA) is 103 Å². The van der Waals surface area contributed by atoms with Crippen molar-refractivity contribution in [3.8, 4) is 11.4 Å². The average molecular weight is 432 g/mol. The van der Waals surface area contributed by atoms with Gasteiger partial charge < -0.3 is 9.88 Å². The highest BCUT2D eigenvalue weighted by molar-refractivity contribution is 8.00. The number of aromatic nitrogens is 3. The fourth-order valence-electron chi connectivity index (χ4n) is 2.63. The molecule has 1 N–H and O–H groups in total. The number of nitrogens with zero attached hydrogens (tertiary/aromatic N) is 4. The zero-order valence-corrected chi connectivity index (χ0v) is 17.3. The third-order valence-corrected chi connectivity index (χ3v) is 5.53. The van der Waals surface area contributed by atoms with Crippen LogP contribution in [0.15, 0.2) is 53.7 Å². The van der Waals surface area contributed by atoms with Crippen molar-refractivity contribution in [1.82, 2.24) is 14.8 Å². The second kappa shape index (κ2) is 9.06. The molecule has 0 saturated heterocycles. The van der Waals surface area contributed by atoms with Crippen LogP contribution in [-0.2, 0) is 11.3 Å². The predicted molar refractivity (Wildman–Crippen MR) is 113 cm³/mol. The monoisotopic (exact) mass is 431 g/mol. The van der Waals surface area contributed by atoms with Crippen LogP contribution in [0.5, 0.6) is 0 Å². The summed E-state index contributed by atoms with van der Waals surface area (Å²) in [6.45, 7) is 4.39. The van der Waals surface area contributed by atoms with E-state index in [-0.39, 0.29) is 16.6 Å². The van der Waals surface area contributed by atoms with Crippen LogP contribution in [0, 0.1) is 10.1 Å². The Morgan fingerprint density at radius 2 is 2.00 bits per heavy atom. The first kappa shape index (κ1) is 20.8. The van der Waals surface area contributed by atoms with Crippen LogP contribution in [0.25, 0.3) is 11.4 Å². The largest absolute Gasteiger partial charge is 0.324 e. The lowest BCUT2D eigenvalue weighted by molar-refractivity contribution is -0.384. The maximum absolute atomic E-state index is 12.6. The molecule has 0 aliphatic carbocycles. The van der Waals surface area contributed by atoms with Gasteiger partial charge in [0, 0.05) is 24.2 Å². The van der Waals surface area contributed by atoms with Gasteiger partial charge in [-0.2, -0.15) is 0 Å². The lowest BCUT2D eigenvalue weighted by atomic mass is 10.2. The minimum atomic E-state index is -0.544. The molecule has 1 aromatic heterocycles. The molecule has 0 bridgehead atoms. The van der Waals surface area contributed by atoms with Crippen LogP contribution in [0.2, 0.25) is 5.02 Å². The molecule has 150 valence electrons. The van der Waals surface area contributed by atoms with Crippen molar-refractivity contribution in [3.63, 3.8) is 0 Å². The molecule has 10 heteroatoms. The number of nitro groups is 1. The molecule has 0 aliphatic heterocycles. The molecule has 0 spiro atoms. The Balaban J connectivity index is 1.73. The molecular weight excluding hydrogens is 414 g/mol. The smallest absolute Gasteiger partial charge is 0.271 e. The summed E-state index contributed by atoms with van der Waals surface area (Å²) in [5, 5.41) is 22.3. The fraction of sp³-hybridized carbons (Fsp3) is 0.211. The molecule has 0 fully saturated rings. The summed E-state index contributed by atoms with van der Waals surface area (Å²) < 4.78 is 1.95. The van der Waals surface area contributed by atoms with Crippen molar-refractivity contribution in [2.75, 3.05) is 5.32 Å². The molecule has 1 atom stereocenters. The van der Waals surface area contributed by atoms with Gasteiger partial charge in [0.2, 0.25) is 5.91 Å². The van der Waals surface area contributed by atoms with Crippen molar-refractivity contribution in [2.24, 2.45) is 0 Å². The Morgan fingerprint density at radius 1 is 1.28 bits per heavy atom. The molecule has 1 unspecified atom stereocenters. The quantitative estimate of drug-likeness (QED) is 0.332. The Hall–Kier alpha value is -2.91. The van der Waals surface area contributed by atoms with Gasteiger partial charge in [0.15, 0.2) is 11.0 Å². The molecule has 0 saturated carbocycles. The maximum atomic E-state index is 12.6. The molecule has 1 heterocycles. The van der Waals surface area contributed by atoms with E-state index in [4.69, 9.17) is 11.6 Å². The van der Waals surface area contributed by atoms with Crippen molar-refractivity contribution in [3.05, 3.63) is 63.7 Å². The normalized spacial score (nSPS) is 11.8. The van der Waals surface area contributed by atoms with E-state index in [1.165, 1.54) is 30.0 Å². The number of thioether (sulfide) groups is 1. The van der Waals surface area contributed by atoms with Crippen molar-refractivity contribution in [2.45, 2.75) is 30.8 Å². The van der Waals surface area contributed by atoms with Crippen molar-refractivity contribution >= 4 is 40.6 Å². The molecule has 1 amide bonds. The SMILES string of the molecule is CCn1c(SC(C)C(=O)Nc2ccc([N+](=O)[O-])cc2Cl)nnc1-c1ccccc1. The molecule has 8 nitrogen and oxygen atoms in total. The Labute approximate surface area is 176 Å². The number of carbonyl (C=O) groups excluding carboxylic acids is 1. The number of halogens is 1. The van der Waals surface area contributed by atoms with E-state index in [0.717, 1.165) is 11.4 Å². The van der Waals surface area contributed by atoms with E-state index in [0.29, 0.717) is 17.4 Å². The number of nitrogens with one attached hydrogen (secondary N) is 1. The van der Waals surface area contributed by atoms with Crippen LogP contribution in [0.1, 0.15) is 13.8 Å².